The summed E-state index contributed by atoms with van der Waals surface area (Å²) in [5.74, 6) is -1.26. The van der Waals surface area contributed by atoms with Gasteiger partial charge in [-0.05, 0) is 37.7 Å². The maximum Gasteiger partial charge on any atom is 0.309 e. The number of carbonyl (C=O) groups is 2. The van der Waals surface area contributed by atoms with Gasteiger partial charge in [0.05, 0.1) is 6.04 Å². The number of likely N-dealkylation sites (N-methyl/N-ethyl adjacent to an activating group) is 2. The van der Waals surface area contributed by atoms with Crippen LogP contribution in [-0.4, -0.2) is 57.5 Å². The third kappa shape index (κ3) is 4.14. The van der Waals surface area contributed by atoms with E-state index in [9.17, 15) is 9.59 Å². The zero-order valence-corrected chi connectivity index (χ0v) is 14.6. The minimum atomic E-state index is -0.636. The first kappa shape index (κ1) is 18.0. The van der Waals surface area contributed by atoms with Crippen LogP contribution in [0.25, 0.3) is 0 Å². The van der Waals surface area contributed by atoms with E-state index in [1.807, 2.05) is 19.0 Å². The Morgan fingerprint density at radius 1 is 1.33 bits per heavy atom. The highest BCUT2D eigenvalue weighted by molar-refractivity contribution is 6.35. The Balaban J connectivity index is 2.04. The molecular formula is C18H26N4O2. The topological polar surface area (TPSA) is 64.7 Å². The van der Waals surface area contributed by atoms with Crippen LogP contribution in [-0.2, 0) is 16.0 Å². The summed E-state index contributed by atoms with van der Waals surface area (Å²) in [6.07, 6.45) is 2.57. The van der Waals surface area contributed by atoms with E-state index in [1.54, 1.807) is 0 Å². The molecule has 0 spiro atoms. The second-order valence-electron chi connectivity index (χ2n) is 6.25. The van der Waals surface area contributed by atoms with Crippen LogP contribution in [0.2, 0.25) is 0 Å². The molecule has 2 N–H and O–H groups in total. The summed E-state index contributed by atoms with van der Waals surface area (Å²) in [6.45, 7) is 5.20. The van der Waals surface area contributed by atoms with Gasteiger partial charge < -0.3 is 20.4 Å². The molecule has 24 heavy (non-hydrogen) atoms. The van der Waals surface area contributed by atoms with Gasteiger partial charge in [0.15, 0.2) is 0 Å². The van der Waals surface area contributed by atoms with Crippen LogP contribution in [0.3, 0.4) is 0 Å². The molecule has 1 aliphatic rings. The van der Waals surface area contributed by atoms with Gasteiger partial charge in [-0.1, -0.05) is 18.2 Å². The van der Waals surface area contributed by atoms with Crippen molar-refractivity contribution in [2.75, 3.05) is 45.7 Å². The van der Waals surface area contributed by atoms with Gasteiger partial charge in [0.25, 0.3) is 0 Å². The minimum absolute atomic E-state index is 0.0114. The number of amides is 2. The molecule has 0 unspecified atom stereocenters. The lowest BCUT2D eigenvalue weighted by atomic mass is 10.0. The maximum atomic E-state index is 11.9. The van der Waals surface area contributed by atoms with Gasteiger partial charge in [-0.2, -0.15) is 0 Å². The van der Waals surface area contributed by atoms with Crippen LogP contribution in [0.1, 0.15) is 17.2 Å². The Kier molecular flexibility index (Phi) is 5.98. The van der Waals surface area contributed by atoms with Crippen molar-refractivity contribution < 1.29 is 9.59 Å². The molecule has 1 aromatic rings. The Hall–Kier alpha value is -2.34. The molecule has 130 valence electrons. The fraction of sp³-hybridized carbons (Fsp3) is 0.444. The number of hydrogen-bond donors (Lipinski definition) is 2. The summed E-state index contributed by atoms with van der Waals surface area (Å²) in [5, 5.41) is 5.19. The monoisotopic (exact) mass is 330 g/mol. The second kappa shape index (κ2) is 7.97. The fourth-order valence-corrected chi connectivity index (χ4v) is 2.91. The zero-order chi connectivity index (χ0) is 17.7. The van der Waals surface area contributed by atoms with Gasteiger partial charge in [-0.15, -0.1) is 6.58 Å². The second-order valence-corrected chi connectivity index (χ2v) is 6.25. The van der Waals surface area contributed by atoms with E-state index in [2.05, 4.69) is 47.4 Å². The van der Waals surface area contributed by atoms with E-state index in [0.29, 0.717) is 6.54 Å². The van der Waals surface area contributed by atoms with Gasteiger partial charge in [-0.3, -0.25) is 9.59 Å². The van der Waals surface area contributed by atoms with Crippen molar-refractivity contribution in [1.82, 2.24) is 15.5 Å². The SMILES string of the molecule is C=CCNC(=O)C(=O)NC[C@@H](c1ccc2c(c1)CCN2C)N(C)C. The van der Waals surface area contributed by atoms with Gasteiger partial charge in [0.2, 0.25) is 0 Å². The Morgan fingerprint density at radius 2 is 2.04 bits per heavy atom. The van der Waals surface area contributed by atoms with E-state index in [4.69, 9.17) is 0 Å². The smallest absolute Gasteiger partial charge is 0.309 e. The molecule has 1 heterocycles. The van der Waals surface area contributed by atoms with Crippen molar-refractivity contribution in [2.24, 2.45) is 0 Å². The Morgan fingerprint density at radius 3 is 2.71 bits per heavy atom. The first-order chi connectivity index (χ1) is 11.4. The number of nitrogens with zero attached hydrogens (tertiary/aromatic N) is 2. The summed E-state index contributed by atoms with van der Waals surface area (Å²) < 4.78 is 0. The highest BCUT2D eigenvalue weighted by Crippen LogP contribution is 2.30. The summed E-state index contributed by atoms with van der Waals surface area (Å²) >= 11 is 0. The van der Waals surface area contributed by atoms with Crippen LogP contribution >= 0.6 is 0 Å². The average molecular weight is 330 g/mol. The Bertz CT molecular complexity index is 627. The lowest BCUT2D eigenvalue weighted by molar-refractivity contribution is -0.139. The maximum absolute atomic E-state index is 11.9. The largest absolute Gasteiger partial charge is 0.374 e. The van der Waals surface area contributed by atoms with Crippen LogP contribution < -0.4 is 15.5 Å². The lowest BCUT2D eigenvalue weighted by Crippen LogP contribution is -2.43. The third-order valence-corrected chi connectivity index (χ3v) is 4.31. The summed E-state index contributed by atoms with van der Waals surface area (Å²) in [6, 6.07) is 6.44. The third-order valence-electron chi connectivity index (χ3n) is 4.31. The summed E-state index contributed by atoms with van der Waals surface area (Å²) in [7, 11) is 6.03. The van der Waals surface area contributed by atoms with Gasteiger partial charge in [0.1, 0.15) is 0 Å². The van der Waals surface area contributed by atoms with Gasteiger partial charge in [0, 0.05) is 32.4 Å². The predicted octanol–water partition coefficient (Wildman–Crippen LogP) is 0.700. The van der Waals surface area contributed by atoms with E-state index < -0.39 is 11.8 Å². The quantitative estimate of drug-likeness (QED) is 0.595. The van der Waals surface area contributed by atoms with Crippen molar-refractivity contribution in [3.8, 4) is 0 Å². The summed E-state index contributed by atoms with van der Waals surface area (Å²) in [4.78, 5) is 27.8. The van der Waals surface area contributed by atoms with Crippen LogP contribution in [0, 0.1) is 0 Å². The normalized spacial score (nSPS) is 14.2. The van der Waals surface area contributed by atoms with Crippen molar-refractivity contribution in [3.63, 3.8) is 0 Å². The molecule has 0 aromatic heterocycles. The molecular weight excluding hydrogens is 304 g/mol. The molecule has 1 aromatic carbocycles. The first-order valence-corrected chi connectivity index (χ1v) is 8.11. The van der Waals surface area contributed by atoms with Crippen molar-refractivity contribution >= 4 is 17.5 Å². The fourth-order valence-electron chi connectivity index (χ4n) is 2.91. The molecule has 1 aliphatic heterocycles. The van der Waals surface area contributed by atoms with E-state index in [-0.39, 0.29) is 12.6 Å². The number of hydrogen-bond acceptors (Lipinski definition) is 4. The molecule has 0 radical (unpaired) electrons. The predicted molar refractivity (Wildman–Crippen MR) is 96.1 cm³/mol. The highest BCUT2D eigenvalue weighted by atomic mass is 16.2. The number of rotatable bonds is 6. The highest BCUT2D eigenvalue weighted by Gasteiger charge is 2.21. The molecule has 6 nitrogen and oxygen atoms in total. The van der Waals surface area contributed by atoms with Gasteiger partial charge in [-0.25, -0.2) is 0 Å². The molecule has 6 heteroatoms. The van der Waals surface area contributed by atoms with E-state index in [1.165, 1.54) is 17.3 Å². The van der Waals surface area contributed by atoms with E-state index in [0.717, 1.165) is 18.5 Å². The lowest BCUT2D eigenvalue weighted by Gasteiger charge is -2.25. The number of carbonyl (C=O) groups excluding carboxylic acids is 2. The molecule has 0 fully saturated rings. The van der Waals surface area contributed by atoms with Crippen molar-refractivity contribution in [3.05, 3.63) is 42.0 Å². The molecule has 0 saturated carbocycles. The minimum Gasteiger partial charge on any atom is -0.374 e. The van der Waals surface area contributed by atoms with Gasteiger partial charge >= 0.3 is 11.8 Å². The molecule has 2 amide bonds. The molecule has 2 rings (SSSR count). The molecule has 0 bridgehead atoms. The number of fused-ring (bicyclic) bond motifs is 1. The zero-order valence-electron chi connectivity index (χ0n) is 14.6. The van der Waals surface area contributed by atoms with Crippen molar-refractivity contribution in [1.29, 1.82) is 0 Å². The van der Waals surface area contributed by atoms with Crippen LogP contribution in [0.4, 0.5) is 5.69 Å². The Labute approximate surface area is 143 Å². The first-order valence-electron chi connectivity index (χ1n) is 8.11. The molecule has 1 atom stereocenters. The van der Waals surface area contributed by atoms with Crippen molar-refractivity contribution in [2.45, 2.75) is 12.5 Å². The molecule has 0 aliphatic carbocycles. The average Bonchev–Trinajstić information content (AvgIpc) is 2.93. The van der Waals surface area contributed by atoms with Crippen LogP contribution in [0.5, 0.6) is 0 Å². The standard InChI is InChI=1S/C18H26N4O2/c1-5-9-19-17(23)18(24)20-12-16(21(2)3)13-6-7-15-14(11-13)8-10-22(15)4/h5-7,11,16H,1,8-10,12H2,2-4H3,(H,19,23)(H,20,24)/t16-/m0/s1. The van der Waals surface area contributed by atoms with E-state index >= 15 is 0 Å². The number of anilines is 1. The number of nitrogens with one attached hydrogen (secondary N) is 2. The number of benzene rings is 1. The summed E-state index contributed by atoms with van der Waals surface area (Å²) in [5.41, 5.74) is 3.74. The van der Waals surface area contributed by atoms with Crippen LogP contribution in [0.15, 0.2) is 30.9 Å². The molecule has 0 saturated heterocycles.